The Balaban J connectivity index is 1.97. The standard InChI is InChI=1S/C17H16N4OS/c1-12-5-3-4-6-15(12)16-19-20-17(23)21(16)18-11-13-7-9-14(22-2)10-8-13/h3-11H,1-2H3,(H,20,23). The molecule has 0 spiro atoms. The molecule has 1 heterocycles. The molecule has 0 fully saturated rings. The van der Waals surface area contributed by atoms with Crippen molar-refractivity contribution in [2.75, 3.05) is 7.11 Å². The van der Waals surface area contributed by atoms with Gasteiger partial charge in [-0.25, -0.2) is 5.10 Å². The summed E-state index contributed by atoms with van der Waals surface area (Å²) in [5, 5.41) is 11.6. The molecular weight excluding hydrogens is 308 g/mol. The van der Waals surface area contributed by atoms with Crippen LogP contribution in [0.2, 0.25) is 0 Å². The van der Waals surface area contributed by atoms with Gasteiger partial charge in [-0.3, -0.25) is 0 Å². The lowest BCUT2D eigenvalue weighted by molar-refractivity contribution is 0.415. The van der Waals surface area contributed by atoms with Gasteiger partial charge in [0.25, 0.3) is 0 Å². The normalized spacial score (nSPS) is 11.0. The van der Waals surface area contributed by atoms with E-state index in [0.717, 1.165) is 22.4 Å². The van der Waals surface area contributed by atoms with E-state index in [1.54, 1.807) is 18.0 Å². The van der Waals surface area contributed by atoms with Crippen molar-refractivity contribution in [1.82, 2.24) is 14.9 Å². The summed E-state index contributed by atoms with van der Waals surface area (Å²) in [6.45, 7) is 2.03. The van der Waals surface area contributed by atoms with E-state index >= 15 is 0 Å². The smallest absolute Gasteiger partial charge is 0.216 e. The predicted octanol–water partition coefficient (Wildman–Crippen LogP) is 3.81. The fraction of sp³-hybridized carbons (Fsp3) is 0.118. The van der Waals surface area contributed by atoms with E-state index in [-0.39, 0.29) is 0 Å². The second-order valence-electron chi connectivity index (χ2n) is 5.00. The Hall–Kier alpha value is -2.73. The van der Waals surface area contributed by atoms with E-state index in [0.29, 0.717) is 10.6 Å². The average molecular weight is 324 g/mol. The molecule has 0 saturated heterocycles. The number of aromatic amines is 1. The number of hydrogen-bond donors (Lipinski definition) is 1. The zero-order valence-electron chi connectivity index (χ0n) is 12.9. The summed E-state index contributed by atoms with van der Waals surface area (Å²) in [6.07, 6.45) is 1.74. The minimum absolute atomic E-state index is 0.452. The highest BCUT2D eigenvalue weighted by Gasteiger charge is 2.09. The summed E-state index contributed by atoms with van der Waals surface area (Å²) in [4.78, 5) is 0. The second kappa shape index (κ2) is 6.58. The lowest BCUT2D eigenvalue weighted by Crippen LogP contribution is -1.96. The van der Waals surface area contributed by atoms with Crippen LogP contribution in [0, 0.1) is 11.7 Å². The van der Waals surface area contributed by atoms with Crippen LogP contribution < -0.4 is 4.74 Å². The highest BCUT2D eigenvalue weighted by molar-refractivity contribution is 7.71. The topological polar surface area (TPSA) is 55.2 Å². The number of rotatable bonds is 4. The van der Waals surface area contributed by atoms with E-state index in [1.165, 1.54) is 0 Å². The molecule has 2 aromatic carbocycles. The Morgan fingerprint density at radius 3 is 2.61 bits per heavy atom. The molecule has 0 radical (unpaired) electrons. The summed E-state index contributed by atoms with van der Waals surface area (Å²) >= 11 is 5.28. The van der Waals surface area contributed by atoms with Gasteiger partial charge in [0, 0.05) is 5.56 Å². The van der Waals surface area contributed by atoms with Crippen LogP contribution in [-0.2, 0) is 0 Å². The minimum Gasteiger partial charge on any atom is -0.497 e. The molecule has 5 nitrogen and oxygen atoms in total. The average Bonchev–Trinajstić information content (AvgIpc) is 2.94. The van der Waals surface area contributed by atoms with Gasteiger partial charge in [0.05, 0.1) is 13.3 Å². The molecule has 3 rings (SSSR count). The maximum atomic E-state index is 5.28. The van der Waals surface area contributed by atoms with Gasteiger partial charge in [0.2, 0.25) is 4.77 Å². The molecule has 0 aliphatic heterocycles. The molecule has 1 aromatic heterocycles. The van der Waals surface area contributed by atoms with Gasteiger partial charge in [-0.15, -0.1) is 0 Å². The number of benzene rings is 2. The third-order valence-electron chi connectivity index (χ3n) is 3.47. The first kappa shape index (κ1) is 15.2. The molecule has 0 bridgehead atoms. The van der Waals surface area contributed by atoms with Gasteiger partial charge >= 0.3 is 0 Å². The van der Waals surface area contributed by atoms with Crippen molar-refractivity contribution in [2.45, 2.75) is 6.92 Å². The second-order valence-corrected chi connectivity index (χ2v) is 5.38. The molecule has 0 amide bonds. The summed E-state index contributed by atoms with van der Waals surface area (Å²) < 4.78 is 7.23. The van der Waals surface area contributed by atoms with Crippen molar-refractivity contribution in [1.29, 1.82) is 0 Å². The van der Waals surface area contributed by atoms with Crippen LogP contribution in [-0.4, -0.2) is 28.2 Å². The Morgan fingerprint density at radius 2 is 1.91 bits per heavy atom. The third-order valence-corrected chi connectivity index (χ3v) is 3.74. The number of H-pyrrole nitrogens is 1. The van der Waals surface area contributed by atoms with Crippen molar-refractivity contribution in [3.63, 3.8) is 0 Å². The summed E-state index contributed by atoms with van der Waals surface area (Å²) in [5.41, 5.74) is 3.05. The molecule has 3 aromatic rings. The van der Waals surface area contributed by atoms with Crippen molar-refractivity contribution in [2.24, 2.45) is 5.10 Å². The number of ether oxygens (including phenoxy) is 1. The summed E-state index contributed by atoms with van der Waals surface area (Å²) in [6, 6.07) is 15.6. The van der Waals surface area contributed by atoms with Crippen LogP contribution in [0.25, 0.3) is 11.4 Å². The summed E-state index contributed by atoms with van der Waals surface area (Å²) in [5.74, 6) is 1.50. The number of aromatic nitrogens is 3. The van der Waals surface area contributed by atoms with Crippen LogP contribution in [0.1, 0.15) is 11.1 Å². The fourth-order valence-corrected chi connectivity index (χ4v) is 2.39. The van der Waals surface area contributed by atoms with E-state index in [1.807, 2.05) is 55.5 Å². The number of nitrogens with one attached hydrogen (secondary N) is 1. The number of methoxy groups -OCH3 is 1. The zero-order valence-corrected chi connectivity index (χ0v) is 13.7. The predicted molar refractivity (Wildman–Crippen MR) is 93.6 cm³/mol. The lowest BCUT2D eigenvalue weighted by Gasteiger charge is -2.04. The number of nitrogens with zero attached hydrogens (tertiary/aromatic N) is 3. The van der Waals surface area contributed by atoms with Crippen LogP contribution in [0.5, 0.6) is 5.75 Å². The van der Waals surface area contributed by atoms with Crippen molar-refractivity contribution < 1.29 is 4.74 Å². The van der Waals surface area contributed by atoms with Crippen LogP contribution in [0.4, 0.5) is 0 Å². The highest BCUT2D eigenvalue weighted by Crippen LogP contribution is 2.21. The minimum atomic E-state index is 0.452. The molecule has 1 N–H and O–H groups in total. The Kier molecular flexibility index (Phi) is 4.34. The first-order valence-electron chi connectivity index (χ1n) is 7.11. The monoisotopic (exact) mass is 324 g/mol. The molecule has 0 saturated carbocycles. The Morgan fingerprint density at radius 1 is 1.17 bits per heavy atom. The largest absolute Gasteiger partial charge is 0.497 e. The molecule has 116 valence electrons. The van der Waals surface area contributed by atoms with Crippen molar-refractivity contribution >= 4 is 18.4 Å². The van der Waals surface area contributed by atoms with Gasteiger partial charge < -0.3 is 4.74 Å². The SMILES string of the molecule is COc1ccc(C=Nn2c(-c3ccccc3C)n[nH]c2=S)cc1. The van der Waals surface area contributed by atoms with E-state index in [2.05, 4.69) is 15.3 Å². The molecule has 0 aliphatic carbocycles. The number of aryl methyl sites for hydroxylation is 1. The third kappa shape index (κ3) is 3.22. The Bertz CT molecular complexity index is 893. The highest BCUT2D eigenvalue weighted by atomic mass is 32.1. The van der Waals surface area contributed by atoms with Crippen molar-refractivity contribution in [3.8, 4) is 17.1 Å². The van der Waals surface area contributed by atoms with Crippen LogP contribution in [0.3, 0.4) is 0 Å². The molecular formula is C17H16N4OS. The van der Waals surface area contributed by atoms with Gasteiger partial charge in [0.1, 0.15) is 5.75 Å². The first-order chi connectivity index (χ1) is 11.2. The summed E-state index contributed by atoms with van der Waals surface area (Å²) in [7, 11) is 1.64. The number of hydrogen-bond acceptors (Lipinski definition) is 4. The van der Waals surface area contributed by atoms with Gasteiger partial charge in [-0.2, -0.15) is 14.9 Å². The lowest BCUT2D eigenvalue weighted by atomic mass is 10.1. The quantitative estimate of drug-likeness (QED) is 0.586. The van der Waals surface area contributed by atoms with Gasteiger partial charge in [-0.1, -0.05) is 24.3 Å². The fourth-order valence-electron chi connectivity index (χ4n) is 2.21. The molecule has 23 heavy (non-hydrogen) atoms. The van der Waals surface area contributed by atoms with E-state index < -0.39 is 0 Å². The maximum absolute atomic E-state index is 5.28. The van der Waals surface area contributed by atoms with Gasteiger partial charge in [0.15, 0.2) is 5.82 Å². The zero-order chi connectivity index (χ0) is 16.2. The molecule has 0 atom stereocenters. The first-order valence-corrected chi connectivity index (χ1v) is 7.51. The molecule has 0 unspecified atom stereocenters. The van der Waals surface area contributed by atoms with E-state index in [4.69, 9.17) is 17.0 Å². The van der Waals surface area contributed by atoms with Crippen LogP contribution >= 0.6 is 12.2 Å². The van der Waals surface area contributed by atoms with Gasteiger partial charge in [-0.05, 0) is 54.5 Å². The van der Waals surface area contributed by atoms with Crippen molar-refractivity contribution in [3.05, 3.63) is 64.4 Å². The Labute approximate surface area is 139 Å². The van der Waals surface area contributed by atoms with Crippen LogP contribution in [0.15, 0.2) is 53.6 Å². The maximum Gasteiger partial charge on any atom is 0.216 e. The van der Waals surface area contributed by atoms with E-state index in [9.17, 15) is 0 Å². The molecule has 0 aliphatic rings. The molecule has 6 heteroatoms.